The lowest BCUT2D eigenvalue weighted by molar-refractivity contribution is -0.142. The third-order valence-corrected chi connectivity index (χ3v) is 6.99. The molecule has 1 aliphatic rings. The summed E-state index contributed by atoms with van der Waals surface area (Å²) in [6, 6.07) is 18.5. The molecule has 2 N–H and O–H groups in total. The molecule has 1 aliphatic carbocycles. The van der Waals surface area contributed by atoms with Crippen LogP contribution in [0.1, 0.15) is 41.6 Å². The summed E-state index contributed by atoms with van der Waals surface area (Å²) in [6.45, 7) is 0.431. The van der Waals surface area contributed by atoms with Gasteiger partial charge in [-0.2, -0.15) is 0 Å². The van der Waals surface area contributed by atoms with E-state index in [4.69, 9.17) is 0 Å². The van der Waals surface area contributed by atoms with Gasteiger partial charge in [0.25, 0.3) is 5.91 Å². The monoisotopic (exact) mass is 488 g/mol. The molecule has 0 bridgehead atoms. The number of nitrogens with one attached hydrogen (secondary N) is 1. The van der Waals surface area contributed by atoms with Gasteiger partial charge in [0.05, 0.1) is 17.0 Å². The van der Waals surface area contributed by atoms with E-state index in [2.05, 4.69) is 5.32 Å². The van der Waals surface area contributed by atoms with Crippen LogP contribution in [-0.2, 0) is 11.3 Å². The Bertz CT molecular complexity index is 1420. The van der Waals surface area contributed by atoms with Crippen molar-refractivity contribution in [3.63, 3.8) is 0 Å². The smallest absolute Gasteiger partial charge is 0.306 e. The highest BCUT2D eigenvalue weighted by atomic mass is 19.1. The first kappa shape index (κ1) is 23.7. The summed E-state index contributed by atoms with van der Waals surface area (Å²) in [7, 11) is 0. The van der Waals surface area contributed by atoms with E-state index in [0.717, 1.165) is 16.7 Å². The van der Waals surface area contributed by atoms with E-state index in [1.165, 1.54) is 24.3 Å². The molecule has 36 heavy (non-hydrogen) atoms. The highest BCUT2D eigenvalue weighted by molar-refractivity contribution is 6.06. The highest BCUT2D eigenvalue weighted by Crippen LogP contribution is 2.28. The first-order chi connectivity index (χ1) is 17.4. The molecule has 4 aromatic rings. The molecule has 1 heterocycles. The van der Waals surface area contributed by atoms with Gasteiger partial charge in [0.15, 0.2) is 0 Å². The first-order valence-corrected chi connectivity index (χ1v) is 12.0. The normalized spacial score (nSPS) is 17.7. The molecular weight excluding hydrogens is 462 g/mol. The Morgan fingerprint density at radius 3 is 2.36 bits per heavy atom. The van der Waals surface area contributed by atoms with Gasteiger partial charge in [-0.3, -0.25) is 9.59 Å². The molecule has 5 rings (SSSR count). The first-order valence-electron chi connectivity index (χ1n) is 12.0. The standard InChI is InChI=1S/C29H26F2N2O3/c30-22-3-1-2-21(16-22)19-6-4-18(5-7-19)17-33-15-14-24-26(31)13-12-25(27(24)33)28(34)32-23-10-8-20(9-11-23)29(35)36/h1-7,12-16,20,23H,8-11,17H2,(H,32,34)(H,35,36). The van der Waals surface area contributed by atoms with Crippen LogP contribution in [0.3, 0.4) is 0 Å². The fourth-order valence-electron chi connectivity index (χ4n) is 5.02. The van der Waals surface area contributed by atoms with Gasteiger partial charge in [-0.05, 0) is 72.7 Å². The molecule has 3 aromatic carbocycles. The molecule has 1 saturated carbocycles. The van der Waals surface area contributed by atoms with Crippen LogP contribution in [0.25, 0.3) is 22.0 Å². The molecule has 1 amide bonds. The Kier molecular flexibility index (Phi) is 6.55. The Morgan fingerprint density at radius 2 is 1.67 bits per heavy atom. The van der Waals surface area contributed by atoms with Crippen molar-refractivity contribution in [1.82, 2.24) is 9.88 Å². The van der Waals surface area contributed by atoms with Crippen molar-refractivity contribution < 1.29 is 23.5 Å². The fourth-order valence-corrected chi connectivity index (χ4v) is 5.02. The summed E-state index contributed by atoms with van der Waals surface area (Å²) in [4.78, 5) is 24.4. The number of carboxylic acids is 1. The predicted octanol–water partition coefficient (Wildman–Crippen LogP) is 6.01. The van der Waals surface area contributed by atoms with Crippen LogP contribution < -0.4 is 5.32 Å². The van der Waals surface area contributed by atoms with E-state index in [9.17, 15) is 23.5 Å². The minimum absolute atomic E-state index is 0.105. The van der Waals surface area contributed by atoms with Crippen LogP contribution in [-0.4, -0.2) is 27.6 Å². The number of hydrogen-bond acceptors (Lipinski definition) is 2. The van der Waals surface area contributed by atoms with E-state index >= 15 is 0 Å². The van der Waals surface area contributed by atoms with Gasteiger partial charge in [0, 0.05) is 24.2 Å². The lowest BCUT2D eigenvalue weighted by Gasteiger charge is -2.27. The van der Waals surface area contributed by atoms with Crippen LogP contribution in [0.5, 0.6) is 0 Å². The van der Waals surface area contributed by atoms with Gasteiger partial charge >= 0.3 is 5.97 Å². The number of benzene rings is 3. The van der Waals surface area contributed by atoms with Crippen molar-refractivity contribution in [2.24, 2.45) is 5.92 Å². The number of amides is 1. The van der Waals surface area contributed by atoms with Gasteiger partial charge in [-0.1, -0.05) is 36.4 Å². The number of carbonyl (C=O) groups excluding carboxylic acids is 1. The molecule has 0 radical (unpaired) electrons. The van der Waals surface area contributed by atoms with E-state index in [1.807, 2.05) is 34.9 Å². The van der Waals surface area contributed by atoms with E-state index < -0.39 is 11.8 Å². The maximum Gasteiger partial charge on any atom is 0.306 e. The summed E-state index contributed by atoms with van der Waals surface area (Å²) in [5.41, 5.74) is 3.52. The Morgan fingerprint density at radius 1 is 0.917 bits per heavy atom. The molecule has 0 spiro atoms. The van der Waals surface area contributed by atoms with Crippen LogP contribution in [0.4, 0.5) is 8.78 Å². The molecule has 5 nitrogen and oxygen atoms in total. The third-order valence-electron chi connectivity index (χ3n) is 6.99. The van der Waals surface area contributed by atoms with E-state index in [1.54, 1.807) is 18.3 Å². The highest BCUT2D eigenvalue weighted by Gasteiger charge is 2.27. The largest absolute Gasteiger partial charge is 0.481 e. The van der Waals surface area contributed by atoms with E-state index in [-0.39, 0.29) is 23.7 Å². The molecule has 7 heteroatoms. The lowest BCUT2D eigenvalue weighted by Crippen LogP contribution is -2.38. The maximum atomic E-state index is 14.6. The number of carboxylic acid groups (broad SMARTS) is 1. The van der Waals surface area contributed by atoms with Crippen LogP contribution in [0, 0.1) is 17.6 Å². The van der Waals surface area contributed by atoms with Gasteiger partial charge < -0.3 is 15.0 Å². The molecular formula is C29H26F2N2O3. The number of halogens is 2. The second-order valence-electron chi connectivity index (χ2n) is 9.37. The van der Waals surface area contributed by atoms with Crippen LogP contribution in [0.15, 0.2) is 72.9 Å². The van der Waals surface area contributed by atoms with Crippen molar-refractivity contribution in [3.8, 4) is 11.1 Å². The zero-order valence-electron chi connectivity index (χ0n) is 19.6. The van der Waals surface area contributed by atoms with Crippen molar-refractivity contribution in [1.29, 1.82) is 0 Å². The molecule has 184 valence electrons. The molecule has 1 fully saturated rings. The summed E-state index contributed by atoms with van der Waals surface area (Å²) in [6.07, 6.45) is 4.03. The van der Waals surface area contributed by atoms with E-state index in [0.29, 0.717) is 48.7 Å². The van der Waals surface area contributed by atoms with Crippen LogP contribution in [0.2, 0.25) is 0 Å². The minimum atomic E-state index is -0.790. The number of nitrogens with zero attached hydrogens (tertiary/aromatic N) is 1. The van der Waals surface area contributed by atoms with Crippen molar-refractivity contribution in [2.45, 2.75) is 38.3 Å². The lowest BCUT2D eigenvalue weighted by atomic mass is 9.86. The Balaban J connectivity index is 1.37. The van der Waals surface area contributed by atoms with Crippen LogP contribution >= 0.6 is 0 Å². The zero-order valence-corrected chi connectivity index (χ0v) is 19.6. The van der Waals surface area contributed by atoms with Crippen molar-refractivity contribution >= 4 is 22.8 Å². The minimum Gasteiger partial charge on any atom is -0.481 e. The second-order valence-corrected chi connectivity index (χ2v) is 9.37. The molecule has 0 saturated heterocycles. The molecule has 0 unspecified atom stereocenters. The summed E-state index contributed by atoms with van der Waals surface area (Å²) < 4.78 is 30.0. The Labute approximate surface area is 207 Å². The number of carbonyl (C=O) groups is 2. The number of fused-ring (bicyclic) bond motifs is 1. The average molecular weight is 489 g/mol. The number of rotatable bonds is 6. The predicted molar refractivity (Wildman–Crippen MR) is 134 cm³/mol. The summed E-state index contributed by atoms with van der Waals surface area (Å²) >= 11 is 0. The quantitative estimate of drug-likeness (QED) is 0.349. The number of aromatic nitrogens is 1. The van der Waals surface area contributed by atoms with Gasteiger partial charge in [0.2, 0.25) is 0 Å². The zero-order chi connectivity index (χ0) is 25.2. The van der Waals surface area contributed by atoms with Gasteiger partial charge in [-0.15, -0.1) is 0 Å². The van der Waals surface area contributed by atoms with Crippen molar-refractivity contribution in [2.75, 3.05) is 0 Å². The fraction of sp³-hybridized carbons (Fsp3) is 0.241. The number of aliphatic carboxylic acids is 1. The molecule has 0 aliphatic heterocycles. The van der Waals surface area contributed by atoms with Gasteiger partial charge in [-0.25, -0.2) is 8.78 Å². The van der Waals surface area contributed by atoms with Crippen molar-refractivity contribution in [3.05, 3.63) is 95.7 Å². The summed E-state index contributed by atoms with van der Waals surface area (Å²) in [5, 5.41) is 12.6. The molecule has 1 aromatic heterocycles. The second kappa shape index (κ2) is 9.93. The maximum absolute atomic E-state index is 14.6. The third kappa shape index (κ3) is 4.87. The van der Waals surface area contributed by atoms with Gasteiger partial charge in [0.1, 0.15) is 11.6 Å². The number of hydrogen-bond donors (Lipinski definition) is 2. The SMILES string of the molecule is O=C(NC1CCC(C(=O)O)CC1)c1ccc(F)c2ccn(Cc3ccc(-c4cccc(F)c4)cc3)c12. The summed E-state index contributed by atoms with van der Waals surface area (Å²) in [5.74, 6) is -2.14. The topological polar surface area (TPSA) is 71.3 Å². The average Bonchev–Trinajstić information content (AvgIpc) is 3.29. The Hall–Kier alpha value is -4.00. The molecule has 0 atom stereocenters.